The summed E-state index contributed by atoms with van der Waals surface area (Å²) in [4.78, 5) is 34.2. The van der Waals surface area contributed by atoms with Crippen molar-refractivity contribution in [3.63, 3.8) is 0 Å². The minimum absolute atomic E-state index is 0.0618. The number of carbonyl (C=O) groups excluding carboxylic acids is 3. The molecule has 0 aromatic rings. The van der Waals surface area contributed by atoms with Crippen molar-refractivity contribution in [3.8, 4) is 0 Å². The van der Waals surface area contributed by atoms with Crippen LogP contribution in [-0.2, 0) is 14.3 Å². The summed E-state index contributed by atoms with van der Waals surface area (Å²) in [6, 6.07) is -0.468. The highest BCUT2D eigenvalue weighted by molar-refractivity contribution is 7.99. The monoisotopic (exact) mass is 472 g/mol. The van der Waals surface area contributed by atoms with Crippen LogP contribution in [0.15, 0.2) is 0 Å². The fourth-order valence-corrected chi connectivity index (χ4v) is 4.41. The number of rotatable bonds is 22. The predicted octanol–water partition coefficient (Wildman–Crippen LogP) is 6.02. The van der Waals surface area contributed by atoms with Gasteiger partial charge in [0.2, 0.25) is 5.91 Å². The summed E-state index contributed by atoms with van der Waals surface area (Å²) in [5, 5.41) is 5.35. The normalized spacial score (nSPS) is 11.7. The third-order valence-corrected chi connectivity index (χ3v) is 6.46. The van der Waals surface area contributed by atoms with E-state index in [1.54, 1.807) is 0 Å². The molecule has 0 aliphatic carbocycles. The Bertz CT molecular complexity index is 489. The highest BCUT2D eigenvalue weighted by atomic mass is 32.2. The number of unbranched alkanes of at least 4 members (excludes halogenated alkanes) is 13. The van der Waals surface area contributed by atoms with E-state index >= 15 is 0 Å². The van der Waals surface area contributed by atoms with Crippen LogP contribution in [0.1, 0.15) is 111 Å². The summed E-state index contributed by atoms with van der Waals surface area (Å²) >= 11 is 1.52. The zero-order valence-corrected chi connectivity index (χ0v) is 21.7. The third kappa shape index (κ3) is 22.0. The Labute approximate surface area is 200 Å². The molecule has 2 amide bonds. The van der Waals surface area contributed by atoms with Gasteiger partial charge >= 0.3 is 6.09 Å². The largest absolute Gasteiger partial charge is 0.450 e. The van der Waals surface area contributed by atoms with E-state index in [9.17, 15) is 14.4 Å². The number of carbonyl (C=O) groups is 3. The van der Waals surface area contributed by atoms with Gasteiger partial charge in [0.25, 0.3) is 0 Å². The lowest BCUT2D eigenvalue weighted by molar-refractivity contribution is -0.125. The van der Waals surface area contributed by atoms with Gasteiger partial charge in [-0.25, -0.2) is 4.79 Å². The Kier molecular flexibility index (Phi) is 22.0. The van der Waals surface area contributed by atoms with Gasteiger partial charge in [-0.3, -0.25) is 9.59 Å². The van der Waals surface area contributed by atoms with Crippen LogP contribution in [0, 0.1) is 0 Å². The molecule has 32 heavy (non-hydrogen) atoms. The number of ketones is 1. The zero-order valence-electron chi connectivity index (χ0n) is 20.8. The van der Waals surface area contributed by atoms with E-state index in [1.807, 2.05) is 0 Å². The molecule has 0 aliphatic rings. The lowest BCUT2D eigenvalue weighted by Gasteiger charge is -2.14. The van der Waals surface area contributed by atoms with Crippen molar-refractivity contribution in [2.45, 2.75) is 117 Å². The molecule has 0 saturated heterocycles. The second-order valence-corrected chi connectivity index (χ2v) is 9.75. The Balaban J connectivity index is 3.36. The van der Waals surface area contributed by atoms with Crippen LogP contribution >= 0.6 is 11.8 Å². The molecule has 2 N–H and O–H groups in total. The first-order valence-corrected chi connectivity index (χ1v) is 13.9. The summed E-state index contributed by atoms with van der Waals surface area (Å²) in [5.41, 5.74) is 0. The third-order valence-electron chi connectivity index (χ3n) is 5.40. The van der Waals surface area contributed by atoms with Crippen LogP contribution in [0.3, 0.4) is 0 Å². The van der Waals surface area contributed by atoms with Crippen molar-refractivity contribution in [2.24, 2.45) is 0 Å². The van der Waals surface area contributed by atoms with Crippen molar-refractivity contribution < 1.29 is 19.1 Å². The van der Waals surface area contributed by atoms with Gasteiger partial charge in [0, 0.05) is 25.0 Å². The van der Waals surface area contributed by atoms with Gasteiger partial charge in [-0.05, 0) is 13.3 Å². The quantitative estimate of drug-likeness (QED) is 0.188. The van der Waals surface area contributed by atoms with Gasteiger partial charge in [-0.1, -0.05) is 90.4 Å². The SMILES string of the molecule is CCCCCCCCCCCCCCCCOC(=O)NCCSC[C@H](NC(C)=O)C(C)=O. The highest BCUT2D eigenvalue weighted by Crippen LogP contribution is 2.13. The first-order valence-electron chi connectivity index (χ1n) is 12.7. The molecule has 0 aromatic heterocycles. The maximum atomic E-state index is 11.7. The number of alkyl carbamates (subject to hydrolysis) is 1. The Morgan fingerprint density at radius 3 is 1.75 bits per heavy atom. The molecule has 188 valence electrons. The van der Waals surface area contributed by atoms with E-state index in [2.05, 4.69) is 17.6 Å². The second kappa shape index (κ2) is 22.9. The van der Waals surface area contributed by atoms with Crippen molar-refractivity contribution in [2.75, 3.05) is 24.7 Å². The molecule has 7 heteroatoms. The average Bonchev–Trinajstić information content (AvgIpc) is 2.75. The van der Waals surface area contributed by atoms with E-state index in [0.717, 1.165) is 12.8 Å². The molecule has 0 unspecified atom stereocenters. The number of nitrogens with one attached hydrogen (secondary N) is 2. The van der Waals surface area contributed by atoms with Gasteiger partial charge in [-0.15, -0.1) is 0 Å². The molecule has 0 aliphatic heterocycles. The topological polar surface area (TPSA) is 84.5 Å². The van der Waals surface area contributed by atoms with Crippen molar-refractivity contribution >= 4 is 29.5 Å². The van der Waals surface area contributed by atoms with Crippen molar-refractivity contribution in [1.29, 1.82) is 0 Å². The van der Waals surface area contributed by atoms with Gasteiger partial charge < -0.3 is 15.4 Å². The second-order valence-electron chi connectivity index (χ2n) is 8.60. The lowest BCUT2D eigenvalue weighted by Crippen LogP contribution is -2.40. The van der Waals surface area contributed by atoms with Crippen molar-refractivity contribution in [3.05, 3.63) is 0 Å². The Morgan fingerprint density at radius 1 is 0.781 bits per heavy atom. The number of hydrogen-bond acceptors (Lipinski definition) is 5. The van der Waals surface area contributed by atoms with Gasteiger partial charge in [0.05, 0.1) is 12.6 Å². The summed E-state index contributed by atoms with van der Waals surface area (Å²) in [7, 11) is 0. The average molecular weight is 473 g/mol. The molecule has 0 aromatic carbocycles. The molecule has 0 bridgehead atoms. The minimum Gasteiger partial charge on any atom is -0.450 e. The zero-order chi connectivity index (χ0) is 23.9. The minimum atomic E-state index is -0.468. The van der Waals surface area contributed by atoms with Crippen LogP contribution < -0.4 is 10.6 Å². The number of ether oxygens (including phenoxy) is 1. The predicted molar refractivity (Wildman–Crippen MR) is 135 cm³/mol. The first-order chi connectivity index (χ1) is 15.5. The highest BCUT2D eigenvalue weighted by Gasteiger charge is 2.14. The van der Waals surface area contributed by atoms with Crippen LogP contribution in [0.4, 0.5) is 4.79 Å². The number of Topliss-reactive ketones (excluding diaryl/α,β-unsaturated/α-hetero) is 1. The van der Waals surface area contributed by atoms with E-state index in [4.69, 9.17) is 4.74 Å². The van der Waals surface area contributed by atoms with E-state index < -0.39 is 6.04 Å². The Morgan fingerprint density at radius 2 is 1.28 bits per heavy atom. The van der Waals surface area contributed by atoms with Gasteiger partial charge in [0.15, 0.2) is 5.78 Å². The molecular formula is C25H48N2O4S. The smallest absolute Gasteiger partial charge is 0.407 e. The van der Waals surface area contributed by atoms with E-state index in [0.29, 0.717) is 24.7 Å². The molecule has 1 atom stereocenters. The first kappa shape index (κ1) is 30.8. The summed E-state index contributed by atoms with van der Waals surface area (Å²) in [6.45, 7) is 6.07. The van der Waals surface area contributed by atoms with Crippen LogP contribution in [0.2, 0.25) is 0 Å². The number of thioether (sulfide) groups is 1. The maximum absolute atomic E-state index is 11.7. The molecule has 0 spiro atoms. The fraction of sp³-hybridized carbons (Fsp3) is 0.880. The van der Waals surface area contributed by atoms with Crippen LogP contribution in [-0.4, -0.2) is 48.5 Å². The molecule has 0 radical (unpaired) electrons. The lowest BCUT2D eigenvalue weighted by atomic mass is 10.0. The molecule has 6 nitrogen and oxygen atoms in total. The standard InChI is InChI=1S/C25H48N2O4S/c1-4-5-6-7-8-9-10-11-12-13-14-15-16-17-19-31-25(30)26-18-20-32-21-24(22(2)28)27-23(3)29/h24H,4-21H2,1-3H3,(H,26,30)(H,27,29)/t24-/m0/s1. The summed E-state index contributed by atoms with van der Waals surface area (Å²) in [5.74, 6) is 0.895. The van der Waals surface area contributed by atoms with Crippen LogP contribution in [0.5, 0.6) is 0 Å². The maximum Gasteiger partial charge on any atom is 0.407 e. The number of amides is 2. The number of hydrogen-bond donors (Lipinski definition) is 2. The molecule has 0 fully saturated rings. The molecule has 0 rings (SSSR count). The molecule has 0 saturated carbocycles. The molecule has 0 heterocycles. The van der Waals surface area contributed by atoms with Gasteiger partial charge in [0.1, 0.15) is 0 Å². The summed E-state index contributed by atoms with van der Waals surface area (Å²) < 4.78 is 5.20. The summed E-state index contributed by atoms with van der Waals surface area (Å²) in [6.07, 6.45) is 17.9. The van der Waals surface area contributed by atoms with E-state index in [1.165, 1.54) is 103 Å². The van der Waals surface area contributed by atoms with Gasteiger partial charge in [-0.2, -0.15) is 11.8 Å². The van der Waals surface area contributed by atoms with Crippen molar-refractivity contribution in [1.82, 2.24) is 10.6 Å². The Hall–Kier alpha value is -1.24. The fourth-order valence-electron chi connectivity index (χ4n) is 3.44. The van der Waals surface area contributed by atoms with E-state index in [-0.39, 0.29) is 17.8 Å². The molecular weight excluding hydrogens is 424 g/mol. The van der Waals surface area contributed by atoms with Crippen LogP contribution in [0.25, 0.3) is 0 Å².